The van der Waals surface area contributed by atoms with E-state index in [-0.39, 0.29) is 44.2 Å². The highest BCUT2D eigenvalue weighted by atomic mass is 32.1. The SMILES string of the molecule is O=C(O)N1CCN(C(=O)c2ncn(C3CCCCC3(O)COCc3nccs3)c2-c2ccccc2)[C@H](Cc2ccccc2)C1. The van der Waals surface area contributed by atoms with Crippen molar-refractivity contribution in [1.29, 1.82) is 0 Å². The summed E-state index contributed by atoms with van der Waals surface area (Å²) in [4.78, 5) is 38.5. The van der Waals surface area contributed by atoms with Crippen LogP contribution in [0.15, 0.2) is 78.6 Å². The maximum atomic E-state index is 14.4. The third-order valence-corrected chi connectivity index (χ3v) is 9.48. The second kappa shape index (κ2) is 13.3. The first-order chi connectivity index (χ1) is 21.4. The van der Waals surface area contributed by atoms with E-state index in [0.29, 0.717) is 30.8 Å². The summed E-state index contributed by atoms with van der Waals surface area (Å²) in [5.41, 5.74) is 1.66. The van der Waals surface area contributed by atoms with E-state index in [4.69, 9.17) is 9.72 Å². The molecule has 11 heteroatoms. The van der Waals surface area contributed by atoms with Crippen LogP contribution in [-0.4, -0.2) is 84.4 Å². The highest BCUT2D eigenvalue weighted by molar-refractivity contribution is 7.09. The molecule has 2 N–H and O–H groups in total. The Kier molecular flexibility index (Phi) is 9.06. The standard InChI is InChI=1S/C33H37N5O5S/c39-31(37-17-16-36(32(40)41)20-26(37)19-24-9-3-1-4-10-24)29-30(25-11-5-2-6-12-25)38(23-35-29)27-13-7-8-14-33(27,42)22-43-21-28-34-15-18-44-28/h1-6,9-12,15,18,23,26-27,42H,7-8,13-14,16-17,19-22H2,(H,40,41)/t26-,27?,33?/m1/s1. The first-order valence-corrected chi connectivity index (χ1v) is 15.9. The van der Waals surface area contributed by atoms with Crippen molar-refractivity contribution in [2.24, 2.45) is 0 Å². The van der Waals surface area contributed by atoms with Gasteiger partial charge in [-0.25, -0.2) is 14.8 Å². The van der Waals surface area contributed by atoms with Crippen LogP contribution in [0.3, 0.4) is 0 Å². The smallest absolute Gasteiger partial charge is 0.407 e. The van der Waals surface area contributed by atoms with E-state index in [1.54, 1.807) is 17.4 Å². The van der Waals surface area contributed by atoms with E-state index in [2.05, 4.69) is 4.98 Å². The molecule has 3 heterocycles. The van der Waals surface area contributed by atoms with Gasteiger partial charge in [-0.3, -0.25) is 4.79 Å². The minimum atomic E-state index is -1.15. The molecule has 2 aliphatic rings. The molecule has 6 rings (SSSR count). The number of imidazole rings is 1. The predicted molar refractivity (Wildman–Crippen MR) is 166 cm³/mol. The van der Waals surface area contributed by atoms with Crippen LogP contribution in [0.1, 0.15) is 52.8 Å². The highest BCUT2D eigenvalue weighted by Gasteiger charge is 2.43. The fourth-order valence-electron chi connectivity index (χ4n) is 6.54. The number of aromatic nitrogens is 3. The van der Waals surface area contributed by atoms with Crippen LogP contribution in [-0.2, 0) is 17.8 Å². The highest BCUT2D eigenvalue weighted by Crippen LogP contribution is 2.41. The topological polar surface area (TPSA) is 121 Å². The largest absolute Gasteiger partial charge is 0.465 e. The van der Waals surface area contributed by atoms with Crippen molar-refractivity contribution in [2.45, 2.75) is 56.4 Å². The third-order valence-electron chi connectivity index (χ3n) is 8.73. The zero-order chi connectivity index (χ0) is 30.5. The van der Waals surface area contributed by atoms with Gasteiger partial charge in [-0.05, 0) is 24.8 Å². The Morgan fingerprint density at radius 2 is 1.80 bits per heavy atom. The number of aliphatic hydroxyl groups is 1. The van der Waals surface area contributed by atoms with Crippen molar-refractivity contribution in [3.8, 4) is 11.3 Å². The quantitative estimate of drug-likeness (QED) is 0.268. The molecule has 3 atom stereocenters. The number of carboxylic acid groups (broad SMARTS) is 1. The summed E-state index contributed by atoms with van der Waals surface area (Å²) in [5, 5.41) is 24.5. The number of thiazole rings is 1. The summed E-state index contributed by atoms with van der Waals surface area (Å²) in [6.45, 7) is 1.19. The molecule has 4 aromatic rings. The van der Waals surface area contributed by atoms with E-state index in [0.717, 1.165) is 35.4 Å². The number of hydrogen-bond acceptors (Lipinski definition) is 7. The maximum absolute atomic E-state index is 14.4. The molecule has 0 radical (unpaired) electrons. The van der Waals surface area contributed by atoms with E-state index in [1.807, 2.05) is 70.6 Å². The molecule has 2 aromatic heterocycles. The normalized spacial score (nSPS) is 22.2. The fraction of sp³-hybridized carbons (Fsp3) is 0.394. The number of carbonyl (C=O) groups is 2. The number of piperazine rings is 1. The molecule has 230 valence electrons. The Labute approximate surface area is 260 Å². The molecule has 1 aliphatic carbocycles. The maximum Gasteiger partial charge on any atom is 0.407 e. The molecular weight excluding hydrogens is 578 g/mol. The molecule has 1 saturated carbocycles. The molecule has 10 nitrogen and oxygen atoms in total. The second-order valence-electron chi connectivity index (χ2n) is 11.6. The lowest BCUT2D eigenvalue weighted by atomic mass is 9.80. The first kappa shape index (κ1) is 30.0. The van der Waals surface area contributed by atoms with Gasteiger partial charge >= 0.3 is 6.09 Å². The average molecular weight is 616 g/mol. The summed E-state index contributed by atoms with van der Waals surface area (Å²) in [6, 6.07) is 18.8. The molecule has 1 aliphatic heterocycles. The van der Waals surface area contributed by atoms with Crippen LogP contribution < -0.4 is 0 Å². The average Bonchev–Trinajstić information content (AvgIpc) is 3.72. The Morgan fingerprint density at radius 3 is 2.52 bits per heavy atom. The Balaban J connectivity index is 1.33. The lowest BCUT2D eigenvalue weighted by Crippen LogP contribution is -2.57. The number of nitrogens with zero attached hydrogens (tertiary/aromatic N) is 5. The van der Waals surface area contributed by atoms with Gasteiger partial charge in [0.2, 0.25) is 0 Å². The van der Waals surface area contributed by atoms with Gasteiger partial charge in [0.05, 0.1) is 37.3 Å². The molecule has 44 heavy (non-hydrogen) atoms. The van der Waals surface area contributed by atoms with Crippen molar-refractivity contribution in [3.63, 3.8) is 0 Å². The zero-order valence-corrected chi connectivity index (χ0v) is 25.3. The molecule has 2 fully saturated rings. The number of benzene rings is 2. The molecule has 2 amide bonds. The van der Waals surface area contributed by atoms with Gasteiger partial charge in [0.15, 0.2) is 5.69 Å². The third kappa shape index (κ3) is 6.40. The van der Waals surface area contributed by atoms with Gasteiger partial charge in [-0.1, -0.05) is 73.5 Å². The summed E-state index contributed by atoms with van der Waals surface area (Å²) in [5.74, 6) is -0.243. The van der Waals surface area contributed by atoms with E-state index < -0.39 is 11.7 Å². The lowest BCUT2D eigenvalue weighted by Gasteiger charge is -2.41. The van der Waals surface area contributed by atoms with Crippen molar-refractivity contribution in [1.82, 2.24) is 24.3 Å². The van der Waals surface area contributed by atoms with Crippen molar-refractivity contribution >= 4 is 23.3 Å². The monoisotopic (exact) mass is 615 g/mol. The van der Waals surface area contributed by atoms with Crippen LogP contribution in [0.4, 0.5) is 4.79 Å². The molecule has 0 bridgehead atoms. The van der Waals surface area contributed by atoms with Crippen LogP contribution in [0.5, 0.6) is 0 Å². The van der Waals surface area contributed by atoms with E-state index >= 15 is 0 Å². The second-order valence-corrected chi connectivity index (χ2v) is 12.5. The van der Waals surface area contributed by atoms with Crippen molar-refractivity contribution < 1.29 is 24.5 Å². The lowest BCUT2D eigenvalue weighted by molar-refractivity contribution is -0.103. The van der Waals surface area contributed by atoms with Crippen molar-refractivity contribution in [2.75, 3.05) is 26.2 Å². The molecule has 2 unspecified atom stereocenters. The van der Waals surface area contributed by atoms with Gasteiger partial charge in [-0.15, -0.1) is 11.3 Å². The van der Waals surface area contributed by atoms with Gasteiger partial charge in [0.1, 0.15) is 10.6 Å². The predicted octanol–water partition coefficient (Wildman–Crippen LogP) is 5.12. The first-order valence-electron chi connectivity index (χ1n) is 15.1. The van der Waals surface area contributed by atoms with Crippen LogP contribution >= 0.6 is 11.3 Å². The summed E-state index contributed by atoms with van der Waals surface area (Å²) >= 11 is 1.52. The van der Waals surface area contributed by atoms with Gasteiger partial charge < -0.3 is 29.3 Å². The summed E-state index contributed by atoms with van der Waals surface area (Å²) < 4.78 is 7.97. The van der Waals surface area contributed by atoms with Gasteiger partial charge in [-0.2, -0.15) is 0 Å². The molecule has 2 aromatic carbocycles. The Morgan fingerprint density at radius 1 is 1.02 bits per heavy atom. The van der Waals surface area contributed by atoms with Gasteiger partial charge in [0, 0.05) is 36.8 Å². The molecule has 1 saturated heterocycles. The number of ether oxygens (including phenoxy) is 1. The Hall–Kier alpha value is -4.06. The summed E-state index contributed by atoms with van der Waals surface area (Å²) in [6.07, 6.45) is 6.06. The number of amides is 2. The molecule has 0 spiro atoms. The van der Waals surface area contributed by atoms with Crippen LogP contribution in [0.2, 0.25) is 0 Å². The Bertz CT molecular complexity index is 1550. The number of carbonyl (C=O) groups excluding carboxylic acids is 1. The minimum Gasteiger partial charge on any atom is -0.465 e. The number of rotatable bonds is 9. The van der Waals surface area contributed by atoms with E-state index in [1.165, 1.54) is 16.2 Å². The van der Waals surface area contributed by atoms with Crippen molar-refractivity contribution in [3.05, 3.63) is 94.8 Å². The zero-order valence-electron chi connectivity index (χ0n) is 24.5. The van der Waals surface area contributed by atoms with Crippen LogP contribution in [0.25, 0.3) is 11.3 Å². The fourth-order valence-corrected chi connectivity index (χ4v) is 7.09. The summed E-state index contributed by atoms with van der Waals surface area (Å²) in [7, 11) is 0. The molecular formula is C33H37N5O5S. The van der Waals surface area contributed by atoms with Crippen LogP contribution in [0, 0.1) is 0 Å². The minimum absolute atomic E-state index is 0.142. The number of hydrogen-bond donors (Lipinski definition) is 2. The van der Waals surface area contributed by atoms with E-state index in [9.17, 15) is 19.8 Å². The van der Waals surface area contributed by atoms with Gasteiger partial charge in [0.25, 0.3) is 5.91 Å².